The molecule has 0 aliphatic heterocycles. The molecule has 3 nitrogen and oxygen atoms in total. The van der Waals surface area contributed by atoms with E-state index in [-0.39, 0.29) is 5.75 Å². The van der Waals surface area contributed by atoms with Crippen LogP contribution in [0.4, 0.5) is 0 Å². The molecule has 0 aromatic carbocycles. The standard InChI is InChI=1S/C6H13Br2NO2S/c1-2-3-4-5-6-12(10,11)9(7)8/h2-6H2,1H3. The molecule has 0 amide bonds. The molecule has 6 heteroatoms. The molecule has 0 fully saturated rings. The van der Waals surface area contributed by atoms with Crippen molar-refractivity contribution < 1.29 is 8.42 Å². The molecule has 0 atom stereocenters. The quantitative estimate of drug-likeness (QED) is 0.557. The molecule has 0 bridgehead atoms. The van der Waals surface area contributed by atoms with Gasteiger partial charge in [0.2, 0.25) is 10.0 Å². The second kappa shape index (κ2) is 6.34. The third-order valence-electron chi connectivity index (χ3n) is 1.47. The van der Waals surface area contributed by atoms with Gasteiger partial charge in [0, 0.05) is 32.3 Å². The van der Waals surface area contributed by atoms with Crippen LogP contribution in [0.5, 0.6) is 0 Å². The molecule has 0 spiro atoms. The lowest BCUT2D eigenvalue weighted by atomic mass is 10.2. The number of sulfonamides is 1. The summed E-state index contributed by atoms with van der Waals surface area (Å²) in [6, 6.07) is 0. The highest BCUT2D eigenvalue weighted by Crippen LogP contribution is 2.15. The number of hydrogen-bond acceptors (Lipinski definition) is 2. The SMILES string of the molecule is CCCCCCS(=O)(=O)N(Br)Br. The van der Waals surface area contributed by atoms with Crippen molar-refractivity contribution in [2.24, 2.45) is 0 Å². The van der Waals surface area contributed by atoms with Crippen LogP contribution < -0.4 is 0 Å². The highest BCUT2D eigenvalue weighted by atomic mass is 79.9. The Morgan fingerprint density at radius 1 is 1.17 bits per heavy atom. The zero-order valence-electron chi connectivity index (χ0n) is 6.96. The third kappa shape index (κ3) is 5.50. The van der Waals surface area contributed by atoms with Gasteiger partial charge in [-0.15, -0.1) is 0 Å². The molecule has 0 aromatic rings. The van der Waals surface area contributed by atoms with Gasteiger partial charge in [-0.25, -0.2) is 8.42 Å². The fourth-order valence-corrected chi connectivity index (χ4v) is 2.36. The monoisotopic (exact) mass is 321 g/mol. The van der Waals surface area contributed by atoms with E-state index in [0.717, 1.165) is 28.0 Å². The Labute approximate surface area is 91.2 Å². The van der Waals surface area contributed by atoms with Gasteiger partial charge in [-0.05, 0) is 6.42 Å². The largest absolute Gasteiger partial charge is 0.233 e. The van der Waals surface area contributed by atoms with Crippen molar-refractivity contribution in [2.75, 3.05) is 5.75 Å². The summed E-state index contributed by atoms with van der Waals surface area (Å²) >= 11 is 5.65. The van der Waals surface area contributed by atoms with E-state index in [1.807, 2.05) is 0 Å². The van der Waals surface area contributed by atoms with E-state index in [1.54, 1.807) is 0 Å². The summed E-state index contributed by atoms with van der Waals surface area (Å²) in [5.74, 6) is 0.198. The van der Waals surface area contributed by atoms with E-state index in [1.165, 1.54) is 0 Å². The first kappa shape index (κ1) is 12.9. The van der Waals surface area contributed by atoms with Crippen molar-refractivity contribution in [1.29, 1.82) is 0 Å². The molecule has 12 heavy (non-hydrogen) atoms. The van der Waals surface area contributed by atoms with Crippen LogP contribution in [-0.2, 0) is 10.0 Å². The van der Waals surface area contributed by atoms with Gasteiger partial charge in [-0.1, -0.05) is 28.5 Å². The van der Waals surface area contributed by atoms with Gasteiger partial charge in [0.05, 0.1) is 5.75 Å². The van der Waals surface area contributed by atoms with Crippen LogP contribution in [0.2, 0.25) is 0 Å². The first-order valence-corrected chi connectivity index (χ1v) is 6.88. The maximum Gasteiger partial charge on any atom is 0.233 e. The number of halogens is 2. The number of hydrogen-bond donors (Lipinski definition) is 0. The Balaban J connectivity index is 3.63. The van der Waals surface area contributed by atoms with E-state index in [9.17, 15) is 8.42 Å². The molecule has 0 N–H and O–H groups in total. The van der Waals surface area contributed by atoms with Crippen LogP contribution >= 0.6 is 32.3 Å². The van der Waals surface area contributed by atoms with Crippen molar-refractivity contribution in [1.82, 2.24) is 2.36 Å². The molecule has 0 radical (unpaired) electrons. The molecule has 0 aliphatic rings. The van der Waals surface area contributed by atoms with Crippen LogP contribution in [-0.4, -0.2) is 16.5 Å². The zero-order chi connectivity index (χ0) is 9.61. The summed E-state index contributed by atoms with van der Waals surface area (Å²) in [6.07, 6.45) is 3.92. The fraction of sp³-hybridized carbons (Fsp3) is 1.00. The average molecular weight is 323 g/mol. The Kier molecular flexibility index (Phi) is 6.80. The minimum absolute atomic E-state index is 0.198. The Hall–Kier alpha value is 0.870. The first-order chi connectivity index (χ1) is 5.50. The second-order valence-electron chi connectivity index (χ2n) is 2.55. The fourth-order valence-electron chi connectivity index (χ4n) is 0.780. The lowest BCUT2D eigenvalue weighted by Crippen LogP contribution is -2.15. The smallest absolute Gasteiger partial charge is 0.211 e. The molecule has 0 saturated carbocycles. The topological polar surface area (TPSA) is 37.4 Å². The summed E-state index contributed by atoms with van der Waals surface area (Å²) in [7, 11) is -3.11. The van der Waals surface area contributed by atoms with E-state index < -0.39 is 10.0 Å². The molecule has 0 unspecified atom stereocenters. The van der Waals surface area contributed by atoms with Gasteiger partial charge in [0.15, 0.2) is 0 Å². The van der Waals surface area contributed by atoms with Crippen LogP contribution in [0, 0.1) is 0 Å². The average Bonchev–Trinajstić information content (AvgIpc) is 1.98. The van der Waals surface area contributed by atoms with Crippen molar-refractivity contribution in [3.63, 3.8) is 0 Å². The van der Waals surface area contributed by atoms with Crippen LogP contribution in [0.1, 0.15) is 32.6 Å². The second-order valence-corrected chi connectivity index (χ2v) is 7.80. The molecule has 0 heterocycles. The van der Waals surface area contributed by atoms with Gasteiger partial charge >= 0.3 is 0 Å². The van der Waals surface area contributed by atoms with Gasteiger partial charge in [-0.2, -0.15) is 0 Å². The Morgan fingerprint density at radius 2 is 1.75 bits per heavy atom. The maximum atomic E-state index is 11.1. The Bertz CT molecular complexity index is 204. The zero-order valence-corrected chi connectivity index (χ0v) is 11.0. The number of rotatable bonds is 6. The summed E-state index contributed by atoms with van der Waals surface area (Å²) in [4.78, 5) is 0. The maximum absolute atomic E-state index is 11.1. The van der Waals surface area contributed by atoms with Crippen LogP contribution in [0.25, 0.3) is 0 Å². The number of nitrogens with zero attached hydrogens (tertiary/aromatic N) is 1. The van der Waals surface area contributed by atoms with E-state index >= 15 is 0 Å². The highest BCUT2D eigenvalue weighted by Gasteiger charge is 2.15. The molecular formula is C6H13Br2NO2S. The Morgan fingerprint density at radius 3 is 2.17 bits per heavy atom. The molecule has 0 rings (SSSR count). The summed E-state index contributed by atoms with van der Waals surface area (Å²) in [5, 5.41) is 0. The van der Waals surface area contributed by atoms with Gasteiger partial charge in [-0.3, -0.25) is 0 Å². The third-order valence-corrected chi connectivity index (χ3v) is 5.34. The van der Waals surface area contributed by atoms with Crippen molar-refractivity contribution in [2.45, 2.75) is 32.6 Å². The number of unbranched alkanes of at least 4 members (excludes halogenated alkanes) is 3. The normalized spacial score (nSPS) is 12.3. The van der Waals surface area contributed by atoms with Gasteiger partial charge in [0.25, 0.3) is 0 Å². The minimum Gasteiger partial charge on any atom is -0.211 e. The van der Waals surface area contributed by atoms with Crippen molar-refractivity contribution in [3.05, 3.63) is 0 Å². The first-order valence-electron chi connectivity index (χ1n) is 3.85. The predicted molar refractivity (Wildman–Crippen MR) is 57.6 cm³/mol. The lowest BCUT2D eigenvalue weighted by molar-refractivity contribution is 0.578. The highest BCUT2D eigenvalue weighted by molar-refractivity contribution is 9.22. The molecule has 0 aromatic heterocycles. The molecule has 0 saturated heterocycles. The summed E-state index contributed by atoms with van der Waals surface area (Å²) < 4.78 is 23.2. The van der Waals surface area contributed by atoms with Gasteiger partial charge < -0.3 is 0 Å². The van der Waals surface area contributed by atoms with E-state index in [0.29, 0.717) is 0 Å². The predicted octanol–water partition coefficient (Wildman–Crippen LogP) is 2.82. The minimum atomic E-state index is -3.11. The summed E-state index contributed by atoms with van der Waals surface area (Å²) in [5.41, 5.74) is 0. The van der Waals surface area contributed by atoms with Crippen LogP contribution in [0.15, 0.2) is 0 Å². The molecular weight excluding hydrogens is 310 g/mol. The molecule has 0 aliphatic carbocycles. The van der Waals surface area contributed by atoms with E-state index in [4.69, 9.17) is 0 Å². The lowest BCUT2D eigenvalue weighted by Gasteiger charge is -2.05. The summed E-state index contributed by atoms with van der Waals surface area (Å²) in [6.45, 7) is 2.09. The van der Waals surface area contributed by atoms with Crippen molar-refractivity contribution >= 4 is 42.3 Å². The molecule has 74 valence electrons. The van der Waals surface area contributed by atoms with E-state index in [2.05, 4.69) is 39.2 Å². The van der Waals surface area contributed by atoms with Crippen LogP contribution in [0.3, 0.4) is 0 Å². The van der Waals surface area contributed by atoms with Crippen molar-refractivity contribution in [3.8, 4) is 0 Å². The van der Waals surface area contributed by atoms with Gasteiger partial charge in [0.1, 0.15) is 0 Å².